The molecule has 0 amide bonds. The highest BCUT2D eigenvalue weighted by Gasteiger charge is 2.16. The number of rotatable bonds is 3. The molecule has 1 radical (unpaired) electrons. The van der Waals surface area contributed by atoms with Gasteiger partial charge in [0.2, 0.25) is 0 Å². The van der Waals surface area contributed by atoms with E-state index in [2.05, 4.69) is 31.9 Å². The van der Waals surface area contributed by atoms with Crippen LogP contribution in [-0.4, -0.2) is 16.3 Å². The maximum absolute atomic E-state index is 10.1. The van der Waals surface area contributed by atoms with Gasteiger partial charge >= 0.3 is 0 Å². The molecule has 0 heterocycles. The van der Waals surface area contributed by atoms with Gasteiger partial charge in [0.15, 0.2) is 0 Å². The number of alkyl halides is 2. The molecule has 1 nitrogen and oxygen atoms in total. The second-order valence-electron chi connectivity index (χ2n) is 2.00. The maximum atomic E-state index is 10.1. The first-order valence-electron chi connectivity index (χ1n) is 2.45. The Morgan fingerprint density at radius 3 is 2.25 bits per heavy atom. The van der Waals surface area contributed by atoms with Gasteiger partial charge in [-0.1, -0.05) is 31.9 Å². The Labute approximate surface area is 66.7 Å². The average molecular weight is 245 g/mol. The molecule has 0 aromatic carbocycles. The molecule has 0 saturated heterocycles. The Kier molecular flexibility index (Phi) is 4.30. The van der Waals surface area contributed by atoms with Gasteiger partial charge in [0.25, 0.3) is 0 Å². The van der Waals surface area contributed by atoms with Gasteiger partial charge in [0, 0.05) is 9.65 Å². The minimum absolute atomic E-state index is 0.00660. The van der Waals surface area contributed by atoms with Crippen LogP contribution in [0.3, 0.4) is 0 Å². The van der Waals surface area contributed by atoms with Gasteiger partial charge in [-0.15, -0.1) is 0 Å². The van der Waals surface area contributed by atoms with Gasteiger partial charge in [-0.05, 0) is 13.3 Å². The van der Waals surface area contributed by atoms with Crippen molar-refractivity contribution in [2.24, 2.45) is 0 Å². The van der Waals surface area contributed by atoms with E-state index < -0.39 is 0 Å². The van der Waals surface area contributed by atoms with Crippen LogP contribution in [0.1, 0.15) is 13.3 Å². The highest BCUT2D eigenvalue weighted by molar-refractivity contribution is 9.12. The van der Waals surface area contributed by atoms with Crippen LogP contribution in [-0.2, 0) is 5.11 Å². The van der Waals surface area contributed by atoms with Crippen molar-refractivity contribution >= 4 is 31.9 Å². The highest BCUT2D eigenvalue weighted by atomic mass is 79.9. The van der Waals surface area contributed by atoms with Crippen LogP contribution < -0.4 is 0 Å². The number of hydrogen-bond acceptors (Lipinski definition) is 0. The molecule has 0 aromatic heterocycles. The fourth-order valence-corrected chi connectivity index (χ4v) is 0.722. The molecule has 0 rings (SSSR count). The SMILES string of the molecule is CC(Br)(CBr)CC[O]. The van der Waals surface area contributed by atoms with Crippen LogP contribution >= 0.6 is 31.9 Å². The first kappa shape index (κ1) is 8.92. The predicted molar refractivity (Wildman–Crippen MR) is 41.3 cm³/mol. The van der Waals surface area contributed by atoms with Crippen LogP contribution in [0.5, 0.6) is 0 Å². The third-order valence-corrected chi connectivity index (χ3v) is 3.57. The largest absolute Gasteiger partial charge is 0.237 e. The molecule has 0 spiro atoms. The van der Waals surface area contributed by atoms with E-state index in [0.717, 1.165) is 5.33 Å². The zero-order valence-corrected chi connectivity index (χ0v) is 7.96. The van der Waals surface area contributed by atoms with Crippen molar-refractivity contribution in [2.45, 2.75) is 17.7 Å². The van der Waals surface area contributed by atoms with Crippen molar-refractivity contribution in [1.29, 1.82) is 0 Å². The lowest BCUT2D eigenvalue weighted by Gasteiger charge is -2.15. The van der Waals surface area contributed by atoms with E-state index >= 15 is 0 Å². The molecule has 1 unspecified atom stereocenters. The molecule has 3 heteroatoms. The molecular formula is C5H9Br2O. The first-order valence-corrected chi connectivity index (χ1v) is 4.37. The van der Waals surface area contributed by atoms with E-state index in [-0.39, 0.29) is 10.9 Å². The third kappa shape index (κ3) is 3.87. The normalized spacial score (nSPS) is 18.0. The van der Waals surface area contributed by atoms with Crippen molar-refractivity contribution in [1.82, 2.24) is 0 Å². The Bertz CT molecular complexity index is 63.4. The standard InChI is InChI=1S/C5H9Br2O/c1-5(7,4-6)2-3-8/h2-4H2,1H3. The van der Waals surface area contributed by atoms with Gasteiger partial charge in [-0.2, -0.15) is 0 Å². The Morgan fingerprint density at radius 1 is 1.62 bits per heavy atom. The van der Waals surface area contributed by atoms with Gasteiger partial charge < -0.3 is 0 Å². The summed E-state index contributed by atoms with van der Waals surface area (Å²) in [6.45, 7) is 1.99. The quantitative estimate of drug-likeness (QED) is 0.680. The lowest BCUT2D eigenvalue weighted by molar-refractivity contribution is 0.182. The van der Waals surface area contributed by atoms with E-state index in [1.54, 1.807) is 0 Å². The van der Waals surface area contributed by atoms with Crippen molar-refractivity contribution in [3.8, 4) is 0 Å². The summed E-state index contributed by atoms with van der Waals surface area (Å²) in [4.78, 5) is 0. The molecule has 0 N–H and O–H groups in total. The first-order chi connectivity index (χ1) is 3.62. The van der Waals surface area contributed by atoms with Gasteiger partial charge in [-0.3, -0.25) is 0 Å². The lowest BCUT2D eigenvalue weighted by Crippen LogP contribution is -2.18. The van der Waals surface area contributed by atoms with Gasteiger partial charge in [-0.25, -0.2) is 5.11 Å². The fraction of sp³-hybridized carbons (Fsp3) is 1.00. The molecular weight excluding hydrogens is 236 g/mol. The third-order valence-electron chi connectivity index (χ3n) is 0.902. The van der Waals surface area contributed by atoms with Crippen molar-refractivity contribution in [2.75, 3.05) is 11.9 Å². The number of hydrogen-bond donors (Lipinski definition) is 0. The predicted octanol–water partition coefficient (Wildman–Crippen LogP) is 2.36. The summed E-state index contributed by atoms with van der Waals surface area (Å²) in [6, 6.07) is 0. The molecule has 0 aliphatic carbocycles. The van der Waals surface area contributed by atoms with Crippen LogP contribution in [0.4, 0.5) is 0 Å². The van der Waals surface area contributed by atoms with E-state index in [1.165, 1.54) is 0 Å². The zero-order chi connectivity index (χ0) is 6.62. The van der Waals surface area contributed by atoms with E-state index in [1.807, 2.05) is 6.92 Å². The van der Waals surface area contributed by atoms with Gasteiger partial charge in [0.05, 0.1) is 6.61 Å². The summed E-state index contributed by atoms with van der Waals surface area (Å²) in [6.07, 6.45) is 0.679. The fourth-order valence-electron chi connectivity index (χ4n) is 0.280. The summed E-state index contributed by atoms with van der Waals surface area (Å²) in [5.74, 6) is 0. The second kappa shape index (κ2) is 3.85. The Balaban J connectivity index is 3.37. The molecule has 0 bridgehead atoms. The zero-order valence-electron chi connectivity index (χ0n) is 4.79. The second-order valence-corrected chi connectivity index (χ2v) is 4.48. The Hall–Kier alpha value is 0.920. The van der Waals surface area contributed by atoms with Crippen molar-refractivity contribution < 1.29 is 5.11 Å². The van der Waals surface area contributed by atoms with Crippen LogP contribution in [0.2, 0.25) is 0 Å². The van der Waals surface area contributed by atoms with Crippen LogP contribution in [0.15, 0.2) is 0 Å². The van der Waals surface area contributed by atoms with E-state index in [0.29, 0.717) is 6.42 Å². The van der Waals surface area contributed by atoms with Crippen LogP contribution in [0, 0.1) is 0 Å². The molecule has 49 valence electrons. The summed E-state index contributed by atoms with van der Waals surface area (Å²) >= 11 is 6.68. The van der Waals surface area contributed by atoms with Crippen molar-refractivity contribution in [3.05, 3.63) is 0 Å². The monoisotopic (exact) mass is 243 g/mol. The molecule has 0 aliphatic heterocycles. The maximum Gasteiger partial charge on any atom is 0.0835 e. The number of halogens is 2. The summed E-state index contributed by atoms with van der Waals surface area (Å²) in [5.41, 5.74) is 0. The smallest absolute Gasteiger partial charge is 0.0835 e. The molecule has 0 saturated carbocycles. The van der Waals surface area contributed by atoms with Crippen molar-refractivity contribution in [3.63, 3.8) is 0 Å². The molecule has 1 atom stereocenters. The van der Waals surface area contributed by atoms with E-state index in [9.17, 15) is 5.11 Å². The molecule has 8 heavy (non-hydrogen) atoms. The summed E-state index contributed by atoms with van der Waals surface area (Å²) in [7, 11) is 0. The summed E-state index contributed by atoms with van der Waals surface area (Å²) < 4.78 is 0.00868. The van der Waals surface area contributed by atoms with Gasteiger partial charge in [0.1, 0.15) is 0 Å². The van der Waals surface area contributed by atoms with E-state index in [4.69, 9.17) is 0 Å². The molecule has 0 aliphatic rings. The minimum Gasteiger partial charge on any atom is -0.237 e. The van der Waals surface area contributed by atoms with Crippen LogP contribution in [0.25, 0.3) is 0 Å². The summed E-state index contributed by atoms with van der Waals surface area (Å²) in [5, 5.41) is 10.9. The molecule has 0 aromatic rings. The highest BCUT2D eigenvalue weighted by Crippen LogP contribution is 2.23. The lowest BCUT2D eigenvalue weighted by atomic mass is 10.1. The minimum atomic E-state index is -0.00660. The topological polar surface area (TPSA) is 19.9 Å². The average Bonchev–Trinajstić information content (AvgIpc) is 1.67. The molecule has 0 fully saturated rings. The Morgan fingerprint density at radius 2 is 2.12 bits per heavy atom.